The molecule has 1 aromatic rings. The molecule has 0 saturated carbocycles. The summed E-state index contributed by atoms with van der Waals surface area (Å²) in [5.41, 5.74) is 0. The van der Waals surface area contributed by atoms with Crippen molar-refractivity contribution >= 4 is 5.82 Å². The highest BCUT2D eigenvalue weighted by atomic mass is 16.5. The van der Waals surface area contributed by atoms with Crippen LogP contribution in [-0.2, 0) is 9.47 Å². The van der Waals surface area contributed by atoms with E-state index in [0.29, 0.717) is 43.9 Å². The summed E-state index contributed by atoms with van der Waals surface area (Å²) in [4.78, 5) is 8.09. The fourth-order valence-corrected chi connectivity index (χ4v) is 1.40. The normalized spacial score (nSPS) is 10.3. The van der Waals surface area contributed by atoms with E-state index in [1.54, 1.807) is 21.3 Å². The molecule has 19 heavy (non-hydrogen) atoms. The Morgan fingerprint density at radius 1 is 1.11 bits per heavy atom. The molecule has 0 aromatic carbocycles. The molecule has 0 radical (unpaired) electrons. The highest BCUT2D eigenvalue weighted by molar-refractivity contribution is 5.54. The van der Waals surface area contributed by atoms with Crippen molar-refractivity contribution < 1.29 is 18.9 Å². The van der Waals surface area contributed by atoms with Crippen LogP contribution in [-0.4, -0.2) is 57.7 Å². The molecule has 0 unspecified atom stereocenters. The number of anilines is 1. The predicted molar refractivity (Wildman–Crippen MR) is 70.9 cm³/mol. The summed E-state index contributed by atoms with van der Waals surface area (Å²) in [5, 5.41) is 2.92. The van der Waals surface area contributed by atoms with Gasteiger partial charge in [-0.25, -0.2) is 4.98 Å². The van der Waals surface area contributed by atoms with Crippen molar-refractivity contribution in [3.05, 3.63) is 6.33 Å². The zero-order chi connectivity index (χ0) is 13.9. The summed E-state index contributed by atoms with van der Waals surface area (Å²) in [6, 6.07) is 0. The maximum absolute atomic E-state index is 5.55. The van der Waals surface area contributed by atoms with Crippen LogP contribution < -0.4 is 14.8 Å². The molecule has 1 aromatic heterocycles. The van der Waals surface area contributed by atoms with Gasteiger partial charge in [0.2, 0.25) is 5.75 Å². The zero-order valence-corrected chi connectivity index (χ0v) is 11.6. The molecule has 0 aliphatic carbocycles. The van der Waals surface area contributed by atoms with Gasteiger partial charge >= 0.3 is 0 Å². The summed E-state index contributed by atoms with van der Waals surface area (Å²) < 4.78 is 21.0. The number of methoxy groups -OCH3 is 2. The van der Waals surface area contributed by atoms with Crippen molar-refractivity contribution in [3.63, 3.8) is 0 Å². The third-order valence-corrected chi connectivity index (χ3v) is 2.32. The molecule has 1 rings (SSSR count). The SMILES string of the molecule is CNc1ncnc(OCCCOCCOC)c1OC. The van der Waals surface area contributed by atoms with Gasteiger partial charge in [-0.2, -0.15) is 4.98 Å². The van der Waals surface area contributed by atoms with Crippen LogP contribution in [0.3, 0.4) is 0 Å². The number of nitrogens with zero attached hydrogens (tertiary/aromatic N) is 2. The Morgan fingerprint density at radius 2 is 1.95 bits per heavy atom. The highest BCUT2D eigenvalue weighted by Crippen LogP contribution is 2.30. The lowest BCUT2D eigenvalue weighted by molar-refractivity contribution is 0.0640. The first-order chi connectivity index (χ1) is 9.33. The van der Waals surface area contributed by atoms with Crippen LogP contribution in [0.4, 0.5) is 5.82 Å². The number of rotatable bonds is 10. The van der Waals surface area contributed by atoms with Crippen LogP contribution in [0, 0.1) is 0 Å². The molecule has 0 spiro atoms. The Kier molecular flexibility index (Phi) is 7.60. The second-order valence-corrected chi connectivity index (χ2v) is 3.62. The molecule has 0 fully saturated rings. The zero-order valence-electron chi connectivity index (χ0n) is 11.6. The maximum Gasteiger partial charge on any atom is 0.262 e. The topological polar surface area (TPSA) is 74.7 Å². The van der Waals surface area contributed by atoms with Crippen molar-refractivity contribution in [3.8, 4) is 11.6 Å². The fourth-order valence-electron chi connectivity index (χ4n) is 1.40. The van der Waals surface area contributed by atoms with Crippen LogP contribution in [0.15, 0.2) is 6.33 Å². The first-order valence-electron chi connectivity index (χ1n) is 6.09. The number of hydrogen-bond donors (Lipinski definition) is 1. The van der Waals surface area contributed by atoms with E-state index in [1.807, 2.05) is 0 Å². The standard InChI is InChI=1S/C12H21N3O4/c1-13-11-10(17-3)12(15-9-14-11)19-6-4-5-18-8-7-16-2/h9H,4-8H2,1-3H3,(H,13,14,15). The van der Waals surface area contributed by atoms with E-state index in [-0.39, 0.29) is 0 Å². The lowest BCUT2D eigenvalue weighted by Crippen LogP contribution is -2.08. The summed E-state index contributed by atoms with van der Waals surface area (Å²) in [6.45, 7) is 2.32. The summed E-state index contributed by atoms with van der Waals surface area (Å²) in [6.07, 6.45) is 2.20. The second-order valence-electron chi connectivity index (χ2n) is 3.62. The average Bonchev–Trinajstić information content (AvgIpc) is 2.45. The molecule has 0 aliphatic rings. The van der Waals surface area contributed by atoms with E-state index in [9.17, 15) is 0 Å². The Bertz CT molecular complexity index is 363. The predicted octanol–water partition coefficient (Wildman–Crippen LogP) is 0.959. The summed E-state index contributed by atoms with van der Waals surface area (Å²) in [7, 11) is 4.96. The van der Waals surface area contributed by atoms with Gasteiger partial charge in [-0.1, -0.05) is 0 Å². The van der Waals surface area contributed by atoms with Gasteiger partial charge in [0.05, 0.1) is 26.9 Å². The molecule has 0 aliphatic heterocycles. The Morgan fingerprint density at radius 3 is 2.63 bits per heavy atom. The van der Waals surface area contributed by atoms with Gasteiger partial charge in [-0.05, 0) is 0 Å². The number of ether oxygens (including phenoxy) is 4. The molecule has 7 nitrogen and oxygen atoms in total. The Labute approximate surface area is 113 Å². The third-order valence-electron chi connectivity index (χ3n) is 2.32. The van der Waals surface area contributed by atoms with Crippen LogP contribution in [0.5, 0.6) is 11.6 Å². The van der Waals surface area contributed by atoms with E-state index < -0.39 is 0 Å². The van der Waals surface area contributed by atoms with Crippen molar-refractivity contribution in [2.24, 2.45) is 0 Å². The van der Waals surface area contributed by atoms with Gasteiger partial charge in [0.15, 0.2) is 5.82 Å². The minimum Gasteiger partial charge on any atom is -0.489 e. The van der Waals surface area contributed by atoms with Crippen LogP contribution >= 0.6 is 0 Å². The Balaban J connectivity index is 2.33. The lowest BCUT2D eigenvalue weighted by atomic mass is 10.4. The van der Waals surface area contributed by atoms with Crippen LogP contribution in [0.1, 0.15) is 6.42 Å². The van der Waals surface area contributed by atoms with Gasteiger partial charge in [-0.15, -0.1) is 0 Å². The van der Waals surface area contributed by atoms with Crippen molar-refractivity contribution in [2.45, 2.75) is 6.42 Å². The molecule has 1 N–H and O–H groups in total. The molecule has 1 heterocycles. The van der Waals surface area contributed by atoms with E-state index >= 15 is 0 Å². The number of aromatic nitrogens is 2. The first kappa shape index (κ1) is 15.5. The van der Waals surface area contributed by atoms with E-state index in [1.165, 1.54) is 6.33 Å². The van der Waals surface area contributed by atoms with E-state index in [4.69, 9.17) is 18.9 Å². The molecule has 0 saturated heterocycles. The monoisotopic (exact) mass is 271 g/mol. The molecular formula is C12H21N3O4. The van der Waals surface area contributed by atoms with E-state index in [0.717, 1.165) is 6.42 Å². The second kappa shape index (κ2) is 9.35. The molecule has 7 heteroatoms. The van der Waals surface area contributed by atoms with Crippen LogP contribution in [0.25, 0.3) is 0 Å². The van der Waals surface area contributed by atoms with Gasteiger partial charge in [0, 0.05) is 27.2 Å². The maximum atomic E-state index is 5.55. The van der Waals surface area contributed by atoms with Gasteiger partial charge in [0.25, 0.3) is 5.88 Å². The minimum absolute atomic E-state index is 0.429. The molecule has 108 valence electrons. The number of nitrogens with one attached hydrogen (secondary N) is 1. The van der Waals surface area contributed by atoms with Gasteiger partial charge < -0.3 is 24.3 Å². The first-order valence-corrected chi connectivity index (χ1v) is 6.09. The van der Waals surface area contributed by atoms with Gasteiger partial charge in [-0.3, -0.25) is 0 Å². The van der Waals surface area contributed by atoms with Crippen molar-refractivity contribution in [1.82, 2.24) is 9.97 Å². The molecular weight excluding hydrogens is 250 g/mol. The Hall–Kier alpha value is -1.60. The molecule has 0 bridgehead atoms. The third kappa shape index (κ3) is 5.27. The smallest absolute Gasteiger partial charge is 0.262 e. The van der Waals surface area contributed by atoms with Crippen molar-refractivity contribution in [2.75, 3.05) is 53.0 Å². The van der Waals surface area contributed by atoms with Crippen molar-refractivity contribution in [1.29, 1.82) is 0 Å². The summed E-state index contributed by atoms with van der Waals surface area (Å²) >= 11 is 0. The number of hydrogen-bond acceptors (Lipinski definition) is 7. The molecule has 0 atom stereocenters. The van der Waals surface area contributed by atoms with Gasteiger partial charge in [0.1, 0.15) is 6.33 Å². The molecule has 0 amide bonds. The lowest BCUT2D eigenvalue weighted by Gasteiger charge is -2.11. The fraction of sp³-hybridized carbons (Fsp3) is 0.667. The van der Waals surface area contributed by atoms with Crippen LogP contribution in [0.2, 0.25) is 0 Å². The average molecular weight is 271 g/mol. The highest BCUT2D eigenvalue weighted by Gasteiger charge is 2.11. The minimum atomic E-state index is 0.429. The summed E-state index contributed by atoms with van der Waals surface area (Å²) in [5.74, 6) is 1.54. The quantitative estimate of drug-likeness (QED) is 0.635. The van der Waals surface area contributed by atoms with E-state index in [2.05, 4.69) is 15.3 Å². The largest absolute Gasteiger partial charge is 0.489 e.